The van der Waals surface area contributed by atoms with Crippen LogP contribution in [0, 0.1) is 0 Å². The van der Waals surface area contributed by atoms with Gasteiger partial charge in [-0.3, -0.25) is 9.78 Å². The zero-order valence-corrected chi connectivity index (χ0v) is 12.1. The first kappa shape index (κ1) is 15.9. The fourth-order valence-corrected chi connectivity index (χ4v) is 2.02. The Labute approximate surface area is 119 Å². The van der Waals surface area contributed by atoms with E-state index in [2.05, 4.69) is 4.98 Å². The summed E-state index contributed by atoms with van der Waals surface area (Å²) < 4.78 is 0. The summed E-state index contributed by atoms with van der Waals surface area (Å²) in [6.45, 7) is 4.45. The smallest absolute Gasteiger partial charge is 0.320 e. The highest BCUT2D eigenvalue weighted by Crippen LogP contribution is 2.09. The van der Waals surface area contributed by atoms with E-state index >= 15 is 0 Å². The van der Waals surface area contributed by atoms with Crippen molar-refractivity contribution in [2.24, 2.45) is 0 Å². The number of carbonyl (C=O) groups is 2. The maximum Gasteiger partial charge on any atom is 0.320 e. The minimum atomic E-state index is -0.906. The van der Waals surface area contributed by atoms with E-state index in [0.29, 0.717) is 13.1 Å². The van der Waals surface area contributed by atoms with Gasteiger partial charge in [-0.05, 0) is 26.0 Å². The Balaban J connectivity index is 2.68. The summed E-state index contributed by atoms with van der Waals surface area (Å²) in [6.07, 6.45) is 1.62. The summed E-state index contributed by atoms with van der Waals surface area (Å²) in [6, 6.07) is 5.01. The van der Waals surface area contributed by atoms with Crippen LogP contribution in [0.25, 0.3) is 0 Å². The van der Waals surface area contributed by atoms with Gasteiger partial charge in [0.2, 0.25) is 0 Å². The van der Waals surface area contributed by atoms with Gasteiger partial charge in [-0.2, -0.15) is 0 Å². The number of aliphatic carboxylic acids is 1. The van der Waals surface area contributed by atoms with Gasteiger partial charge in [0.15, 0.2) is 0 Å². The van der Waals surface area contributed by atoms with Crippen molar-refractivity contribution in [2.75, 3.05) is 13.6 Å². The summed E-state index contributed by atoms with van der Waals surface area (Å²) >= 11 is 0. The van der Waals surface area contributed by atoms with E-state index < -0.39 is 5.97 Å². The quantitative estimate of drug-likeness (QED) is 0.862. The second-order valence-electron chi connectivity index (χ2n) is 4.69. The molecule has 0 aliphatic heterocycles. The second kappa shape index (κ2) is 7.47. The van der Waals surface area contributed by atoms with Gasteiger partial charge < -0.3 is 14.9 Å². The Bertz CT molecular complexity index is 450. The number of rotatable bonds is 6. The van der Waals surface area contributed by atoms with Crippen molar-refractivity contribution < 1.29 is 14.7 Å². The summed E-state index contributed by atoms with van der Waals surface area (Å²) in [5.41, 5.74) is 0.797. The van der Waals surface area contributed by atoms with Gasteiger partial charge in [-0.15, -0.1) is 0 Å². The molecule has 0 saturated carbocycles. The van der Waals surface area contributed by atoms with E-state index in [0.717, 1.165) is 5.69 Å². The number of pyridine rings is 1. The van der Waals surface area contributed by atoms with Gasteiger partial charge in [-0.25, -0.2) is 4.79 Å². The molecule has 1 rings (SSSR count). The first-order valence-electron chi connectivity index (χ1n) is 6.59. The van der Waals surface area contributed by atoms with E-state index in [1.807, 2.05) is 25.1 Å². The zero-order valence-electron chi connectivity index (χ0n) is 12.1. The average molecular weight is 279 g/mol. The van der Waals surface area contributed by atoms with Crippen molar-refractivity contribution in [2.45, 2.75) is 32.9 Å². The van der Waals surface area contributed by atoms with E-state index in [1.165, 1.54) is 0 Å². The Kier molecular flexibility index (Phi) is 5.96. The third-order valence-electron chi connectivity index (χ3n) is 3.04. The van der Waals surface area contributed by atoms with Crippen molar-refractivity contribution in [3.05, 3.63) is 30.1 Å². The lowest BCUT2D eigenvalue weighted by Gasteiger charge is -2.31. The minimum absolute atomic E-state index is 0.0585. The molecule has 0 aliphatic rings. The number of hydrogen-bond acceptors (Lipinski definition) is 3. The number of carbonyl (C=O) groups excluding carboxylic acids is 1. The van der Waals surface area contributed by atoms with Gasteiger partial charge in [0.1, 0.15) is 0 Å². The van der Waals surface area contributed by atoms with Gasteiger partial charge >= 0.3 is 12.0 Å². The molecule has 0 bridgehead atoms. The largest absolute Gasteiger partial charge is 0.481 e. The van der Waals surface area contributed by atoms with Crippen LogP contribution in [0.4, 0.5) is 4.79 Å². The van der Waals surface area contributed by atoms with Crippen LogP contribution in [0.2, 0.25) is 0 Å². The molecule has 0 spiro atoms. The lowest BCUT2D eigenvalue weighted by atomic mass is 10.2. The molecule has 6 heteroatoms. The fourth-order valence-electron chi connectivity index (χ4n) is 2.02. The first-order valence-corrected chi connectivity index (χ1v) is 6.59. The molecule has 110 valence electrons. The van der Waals surface area contributed by atoms with Crippen LogP contribution in [-0.4, -0.2) is 51.5 Å². The number of amides is 2. The van der Waals surface area contributed by atoms with Crippen LogP contribution in [0.1, 0.15) is 26.0 Å². The number of aromatic nitrogens is 1. The van der Waals surface area contributed by atoms with Crippen LogP contribution < -0.4 is 0 Å². The van der Waals surface area contributed by atoms with Crippen molar-refractivity contribution in [3.63, 3.8) is 0 Å². The van der Waals surface area contributed by atoms with Crippen molar-refractivity contribution >= 4 is 12.0 Å². The summed E-state index contributed by atoms with van der Waals surface area (Å²) in [7, 11) is 1.69. The van der Waals surface area contributed by atoms with Crippen LogP contribution in [0.3, 0.4) is 0 Å². The molecule has 0 saturated heterocycles. The molecule has 0 aromatic carbocycles. The second-order valence-corrected chi connectivity index (χ2v) is 4.69. The molecule has 1 atom stereocenters. The van der Waals surface area contributed by atoms with Crippen LogP contribution in [0.5, 0.6) is 0 Å². The first-order chi connectivity index (χ1) is 9.45. The van der Waals surface area contributed by atoms with Gasteiger partial charge in [0, 0.05) is 25.8 Å². The minimum Gasteiger partial charge on any atom is -0.481 e. The van der Waals surface area contributed by atoms with Crippen molar-refractivity contribution in [1.82, 2.24) is 14.8 Å². The Morgan fingerprint density at radius 2 is 2.10 bits per heavy atom. The number of nitrogens with zero attached hydrogens (tertiary/aromatic N) is 3. The number of urea groups is 1. The SMILES string of the molecule is CCN(C(=O)N(C)Cc1ccccn1)C(C)CC(=O)O. The molecule has 6 nitrogen and oxygen atoms in total. The molecule has 1 aromatic heterocycles. The molecule has 1 N–H and O–H groups in total. The maximum atomic E-state index is 12.3. The van der Waals surface area contributed by atoms with Gasteiger partial charge in [-0.1, -0.05) is 6.07 Å². The molecular formula is C14H21N3O3. The molecule has 0 fully saturated rings. The average Bonchev–Trinajstić information content (AvgIpc) is 2.39. The van der Waals surface area contributed by atoms with E-state index in [9.17, 15) is 9.59 Å². The Morgan fingerprint density at radius 1 is 1.40 bits per heavy atom. The Morgan fingerprint density at radius 3 is 2.60 bits per heavy atom. The highest BCUT2D eigenvalue weighted by Gasteiger charge is 2.23. The van der Waals surface area contributed by atoms with Crippen LogP contribution in [-0.2, 0) is 11.3 Å². The van der Waals surface area contributed by atoms with Crippen LogP contribution in [0.15, 0.2) is 24.4 Å². The third-order valence-corrected chi connectivity index (χ3v) is 3.04. The van der Waals surface area contributed by atoms with Crippen molar-refractivity contribution in [1.29, 1.82) is 0 Å². The lowest BCUT2D eigenvalue weighted by molar-refractivity contribution is -0.138. The van der Waals surface area contributed by atoms with E-state index in [4.69, 9.17) is 5.11 Å². The standard InChI is InChI=1S/C14H21N3O3/c1-4-17(11(2)9-13(18)19)14(20)16(3)10-12-7-5-6-8-15-12/h5-8,11H,4,9-10H2,1-3H3,(H,18,19). The molecular weight excluding hydrogens is 258 g/mol. The number of hydrogen-bond donors (Lipinski definition) is 1. The topological polar surface area (TPSA) is 73.7 Å². The molecule has 2 amide bonds. The van der Waals surface area contributed by atoms with Crippen molar-refractivity contribution in [3.8, 4) is 0 Å². The molecule has 20 heavy (non-hydrogen) atoms. The summed E-state index contributed by atoms with van der Waals surface area (Å²) in [4.78, 5) is 30.4. The van der Waals surface area contributed by atoms with E-state index in [1.54, 1.807) is 30.0 Å². The van der Waals surface area contributed by atoms with E-state index in [-0.39, 0.29) is 18.5 Å². The Hall–Kier alpha value is -2.11. The van der Waals surface area contributed by atoms with Gasteiger partial charge in [0.05, 0.1) is 18.7 Å². The molecule has 1 unspecified atom stereocenters. The van der Waals surface area contributed by atoms with Crippen LogP contribution >= 0.6 is 0 Å². The van der Waals surface area contributed by atoms with Gasteiger partial charge in [0.25, 0.3) is 0 Å². The highest BCUT2D eigenvalue weighted by atomic mass is 16.4. The maximum absolute atomic E-state index is 12.3. The molecule has 0 aliphatic carbocycles. The third kappa shape index (κ3) is 4.53. The fraction of sp³-hybridized carbons (Fsp3) is 0.500. The lowest BCUT2D eigenvalue weighted by Crippen LogP contribution is -2.46. The summed E-state index contributed by atoms with van der Waals surface area (Å²) in [5, 5.41) is 8.82. The number of carboxylic acid groups (broad SMARTS) is 1. The molecule has 1 heterocycles. The molecule has 0 radical (unpaired) electrons. The monoisotopic (exact) mass is 279 g/mol. The predicted octanol–water partition coefficient (Wildman–Crippen LogP) is 1.82. The molecule has 1 aromatic rings. The summed E-state index contributed by atoms with van der Waals surface area (Å²) in [5.74, 6) is -0.906. The zero-order chi connectivity index (χ0) is 15.1. The highest BCUT2D eigenvalue weighted by molar-refractivity contribution is 5.75. The normalized spacial score (nSPS) is 11.8. The predicted molar refractivity (Wildman–Crippen MR) is 75.2 cm³/mol. The number of carboxylic acids is 1.